The molecule has 208 valence electrons. The quantitative estimate of drug-likeness (QED) is 0.504. The molecule has 3 fully saturated rings. The molecule has 1 aliphatic carbocycles. The summed E-state index contributed by atoms with van der Waals surface area (Å²) in [6, 6.07) is 1.81. The van der Waals surface area contributed by atoms with Gasteiger partial charge in [0.1, 0.15) is 0 Å². The van der Waals surface area contributed by atoms with Crippen molar-refractivity contribution in [3.8, 4) is 0 Å². The van der Waals surface area contributed by atoms with Gasteiger partial charge in [0, 0.05) is 37.7 Å². The predicted molar refractivity (Wildman–Crippen MR) is 123 cm³/mol. The van der Waals surface area contributed by atoms with Crippen molar-refractivity contribution in [3.05, 3.63) is 34.9 Å². The number of amides is 1. The average molecular weight is 537 g/mol. The molecule has 3 aliphatic rings. The number of carbonyl (C=O) groups excluding carboxylic acids is 1. The van der Waals surface area contributed by atoms with Gasteiger partial charge in [-0.2, -0.15) is 26.3 Å². The van der Waals surface area contributed by atoms with E-state index in [1.54, 1.807) is 0 Å². The Morgan fingerprint density at radius 3 is 2.35 bits per heavy atom. The maximum Gasteiger partial charge on any atom is 0.416 e. The number of alkyl halides is 6. The lowest BCUT2D eigenvalue weighted by molar-refractivity contribution is -0.145. The fourth-order valence-corrected chi connectivity index (χ4v) is 6.16. The van der Waals surface area contributed by atoms with Crippen LogP contribution in [0, 0.1) is 17.8 Å². The highest BCUT2D eigenvalue weighted by molar-refractivity contribution is 5.79. The molecular formula is C26H34F6N2O3. The Morgan fingerprint density at radius 2 is 1.73 bits per heavy atom. The first-order valence-corrected chi connectivity index (χ1v) is 12.8. The van der Waals surface area contributed by atoms with Crippen molar-refractivity contribution in [2.24, 2.45) is 17.8 Å². The maximum absolute atomic E-state index is 13.3. The third kappa shape index (κ3) is 6.78. The van der Waals surface area contributed by atoms with Crippen LogP contribution in [0.4, 0.5) is 26.3 Å². The Labute approximate surface area is 212 Å². The number of hydrogen-bond donors (Lipinski definition) is 1. The van der Waals surface area contributed by atoms with E-state index in [1.807, 2.05) is 0 Å². The van der Waals surface area contributed by atoms with Crippen LogP contribution in [0.3, 0.4) is 0 Å². The lowest BCUT2D eigenvalue weighted by atomic mass is 9.87. The van der Waals surface area contributed by atoms with Gasteiger partial charge in [0.25, 0.3) is 0 Å². The summed E-state index contributed by atoms with van der Waals surface area (Å²) in [5.41, 5.74) is -3.00. The second kappa shape index (κ2) is 11.1. The van der Waals surface area contributed by atoms with E-state index in [0.717, 1.165) is 25.8 Å². The topological polar surface area (TPSA) is 50.8 Å². The summed E-state index contributed by atoms with van der Waals surface area (Å²) >= 11 is 0. The molecule has 0 radical (unpaired) electrons. The van der Waals surface area contributed by atoms with Crippen molar-refractivity contribution in [1.82, 2.24) is 10.2 Å². The first-order valence-electron chi connectivity index (χ1n) is 12.8. The zero-order chi connectivity index (χ0) is 27.0. The number of benzene rings is 1. The fraction of sp³-hybridized carbons (Fsp3) is 0.731. The van der Waals surface area contributed by atoms with Gasteiger partial charge in [-0.25, -0.2) is 0 Å². The minimum absolute atomic E-state index is 0.00247. The molecule has 1 saturated carbocycles. The van der Waals surface area contributed by atoms with E-state index >= 15 is 0 Å². The van der Waals surface area contributed by atoms with E-state index in [9.17, 15) is 31.1 Å². The van der Waals surface area contributed by atoms with Crippen molar-refractivity contribution in [3.63, 3.8) is 0 Å². The van der Waals surface area contributed by atoms with Crippen molar-refractivity contribution in [2.45, 2.75) is 76.6 Å². The van der Waals surface area contributed by atoms with E-state index in [-0.39, 0.29) is 47.6 Å². The number of halogens is 6. The third-order valence-corrected chi connectivity index (χ3v) is 7.74. The molecule has 2 saturated heterocycles. The van der Waals surface area contributed by atoms with Crippen LogP contribution in [-0.2, 0) is 33.2 Å². The Hall–Kier alpha value is -1.85. The summed E-state index contributed by atoms with van der Waals surface area (Å²) in [5, 5.41) is 2.64. The number of fused-ring (bicyclic) bond motifs is 1. The molecule has 4 rings (SSSR count). The van der Waals surface area contributed by atoms with E-state index in [0.29, 0.717) is 44.3 Å². The first-order chi connectivity index (χ1) is 17.3. The molecule has 2 aliphatic heterocycles. The smallest absolute Gasteiger partial charge is 0.379 e. The third-order valence-electron chi connectivity index (χ3n) is 7.74. The molecule has 37 heavy (non-hydrogen) atoms. The average Bonchev–Trinajstić information content (AvgIpc) is 3.23. The van der Waals surface area contributed by atoms with Gasteiger partial charge in [-0.1, -0.05) is 13.8 Å². The summed E-state index contributed by atoms with van der Waals surface area (Å²) in [5.74, 6) is -0.256. The first kappa shape index (κ1) is 28.2. The molecule has 5 nitrogen and oxygen atoms in total. The molecule has 5 atom stereocenters. The van der Waals surface area contributed by atoms with E-state index in [1.165, 1.54) is 0 Å². The van der Waals surface area contributed by atoms with Crippen LogP contribution in [0.15, 0.2) is 18.2 Å². The van der Waals surface area contributed by atoms with E-state index < -0.39 is 30.0 Å². The van der Waals surface area contributed by atoms with Crippen LogP contribution in [0.5, 0.6) is 0 Å². The molecule has 0 spiro atoms. The van der Waals surface area contributed by atoms with Gasteiger partial charge >= 0.3 is 12.4 Å². The lowest BCUT2D eigenvalue weighted by Gasteiger charge is -2.46. The van der Waals surface area contributed by atoms with Crippen molar-refractivity contribution < 1.29 is 40.6 Å². The number of morpholine rings is 1. The number of rotatable bonds is 6. The SMILES string of the molecule is CC(C)CC1CC(N2CCOC3COCCC32)C[C@H]1C(=O)NCc1cc(C(F)(F)F)cc(C(F)(F)F)c1. The molecule has 1 aromatic rings. The Morgan fingerprint density at radius 1 is 1.05 bits per heavy atom. The van der Waals surface area contributed by atoms with E-state index in [4.69, 9.17) is 9.47 Å². The number of carbonyl (C=O) groups is 1. The molecule has 11 heteroatoms. The van der Waals surface area contributed by atoms with Crippen LogP contribution in [0.2, 0.25) is 0 Å². The maximum atomic E-state index is 13.3. The highest BCUT2D eigenvalue weighted by Gasteiger charge is 2.45. The van der Waals surface area contributed by atoms with Crippen molar-refractivity contribution in [1.29, 1.82) is 0 Å². The Bertz CT molecular complexity index is 917. The second-order valence-corrected chi connectivity index (χ2v) is 10.8. The molecule has 1 aromatic carbocycles. The number of nitrogens with zero attached hydrogens (tertiary/aromatic N) is 1. The second-order valence-electron chi connectivity index (χ2n) is 10.8. The lowest BCUT2D eigenvalue weighted by Crippen LogP contribution is -2.58. The van der Waals surface area contributed by atoms with Gasteiger partial charge in [0.05, 0.1) is 30.4 Å². The summed E-state index contributed by atoms with van der Waals surface area (Å²) in [6.07, 6.45) is -6.77. The minimum atomic E-state index is -4.93. The van der Waals surface area contributed by atoms with Gasteiger partial charge in [-0.15, -0.1) is 0 Å². The molecular weight excluding hydrogens is 502 g/mol. The zero-order valence-corrected chi connectivity index (χ0v) is 21.0. The van der Waals surface area contributed by atoms with Crippen molar-refractivity contribution >= 4 is 5.91 Å². The number of nitrogens with one attached hydrogen (secondary N) is 1. The number of ether oxygens (including phenoxy) is 2. The molecule has 0 bridgehead atoms. The van der Waals surface area contributed by atoms with Crippen molar-refractivity contribution in [2.75, 3.05) is 26.4 Å². The molecule has 1 amide bonds. The van der Waals surface area contributed by atoms with Crippen LogP contribution in [0.1, 0.15) is 56.2 Å². The van der Waals surface area contributed by atoms with E-state index in [2.05, 4.69) is 24.1 Å². The number of hydrogen-bond acceptors (Lipinski definition) is 4. The van der Waals surface area contributed by atoms with Gasteiger partial charge in [-0.05, 0) is 61.3 Å². The zero-order valence-electron chi connectivity index (χ0n) is 21.0. The van der Waals surface area contributed by atoms with Crippen LogP contribution in [-0.4, -0.2) is 55.4 Å². The Balaban J connectivity index is 1.48. The van der Waals surface area contributed by atoms with Gasteiger partial charge in [0.15, 0.2) is 0 Å². The largest absolute Gasteiger partial charge is 0.416 e. The molecule has 2 heterocycles. The summed E-state index contributed by atoms with van der Waals surface area (Å²) in [7, 11) is 0. The summed E-state index contributed by atoms with van der Waals surface area (Å²) < 4.78 is 90.7. The van der Waals surface area contributed by atoms with Gasteiger partial charge in [-0.3, -0.25) is 9.69 Å². The highest BCUT2D eigenvalue weighted by Crippen LogP contribution is 2.41. The standard InChI is InChI=1S/C26H34F6N2O3/c1-15(2)7-17-10-20(34-4-6-37-23-14-36-5-3-22(23)34)12-21(17)24(35)33-13-16-8-18(25(27,28)29)11-19(9-16)26(30,31)32/h8-9,11,15,17,20-23H,3-7,10,12-14H2,1-2H3,(H,33,35)/t17?,20?,21-,22?,23?/m1/s1. The minimum Gasteiger partial charge on any atom is -0.379 e. The normalized spacial score (nSPS) is 29.4. The predicted octanol–water partition coefficient (Wildman–Crippen LogP) is 5.27. The summed E-state index contributed by atoms with van der Waals surface area (Å²) in [6.45, 7) is 6.30. The Kier molecular flexibility index (Phi) is 8.45. The van der Waals surface area contributed by atoms with Crippen LogP contribution < -0.4 is 5.32 Å². The molecule has 1 N–H and O–H groups in total. The van der Waals surface area contributed by atoms with Crippen LogP contribution in [0.25, 0.3) is 0 Å². The summed E-state index contributed by atoms with van der Waals surface area (Å²) in [4.78, 5) is 15.7. The van der Waals surface area contributed by atoms with Gasteiger partial charge in [0.2, 0.25) is 5.91 Å². The van der Waals surface area contributed by atoms with Crippen LogP contribution >= 0.6 is 0 Å². The highest BCUT2D eigenvalue weighted by atomic mass is 19.4. The molecule has 0 aromatic heterocycles. The fourth-order valence-electron chi connectivity index (χ4n) is 6.16. The molecule has 4 unspecified atom stereocenters. The van der Waals surface area contributed by atoms with Gasteiger partial charge < -0.3 is 14.8 Å². The monoisotopic (exact) mass is 536 g/mol.